The van der Waals surface area contributed by atoms with Crippen LogP contribution in [0, 0.1) is 0 Å². The van der Waals surface area contributed by atoms with Crippen molar-refractivity contribution in [2.75, 3.05) is 0 Å². The Labute approximate surface area is 315 Å². The van der Waals surface area contributed by atoms with Gasteiger partial charge in [-0.1, -0.05) is 171 Å². The molecule has 0 N–H and O–H groups in total. The van der Waals surface area contributed by atoms with Gasteiger partial charge in [0, 0.05) is 22.1 Å². The summed E-state index contributed by atoms with van der Waals surface area (Å²) in [6.07, 6.45) is 6.26. The van der Waals surface area contributed by atoms with Crippen molar-refractivity contribution in [2.24, 2.45) is 0 Å². The van der Waals surface area contributed by atoms with Crippen LogP contribution in [0.5, 0.6) is 0 Å². The lowest BCUT2D eigenvalue weighted by Gasteiger charge is -2.36. The Hall–Kier alpha value is -6.38. The average molecular weight is 691 g/mol. The van der Waals surface area contributed by atoms with Crippen molar-refractivity contribution in [1.29, 1.82) is 0 Å². The van der Waals surface area contributed by atoms with E-state index in [9.17, 15) is 0 Å². The molecule has 9 aromatic rings. The Morgan fingerprint density at radius 2 is 0.926 bits per heavy atom. The molecule has 11 rings (SSSR count). The number of benzene rings is 8. The van der Waals surface area contributed by atoms with Crippen molar-refractivity contribution in [3.05, 3.63) is 181 Å². The molecule has 1 spiro atoms. The van der Waals surface area contributed by atoms with Crippen LogP contribution in [-0.4, -0.2) is 9.97 Å². The quantitative estimate of drug-likeness (QED) is 0.172. The molecule has 2 aliphatic rings. The molecule has 0 unspecified atom stereocenters. The minimum atomic E-state index is 0.0527. The summed E-state index contributed by atoms with van der Waals surface area (Å²) in [5, 5.41) is 7.53. The molecule has 2 nitrogen and oxygen atoms in total. The van der Waals surface area contributed by atoms with Gasteiger partial charge >= 0.3 is 0 Å². The summed E-state index contributed by atoms with van der Waals surface area (Å²) in [6, 6.07) is 62.1. The van der Waals surface area contributed by atoms with Gasteiger partial charge in [0.1, 0.15) is 0 Å². The van der Waals surface area contributed by atoms with Crippen LogP contribution in [0.1, 0.15) is 43.2 Å². The SMILES string of the molecule is c1ccc(-c2cc(-c3c4ccccc4c(-c4cccc5c4-c4cc6ccccc6cc4C54CCCCC4)c4ccccc34)nc(-c3ccccc3)n2)cc1. The van der Waals surface area contributed by atoms with Crippen LogP contribution in [-0.2, 0) is 5.41 Å². The highest BCUT2D eigenvalue weighted by atomic mass is 14.9. The third-order valence-corrected chi connectivity index (χ3v) is 12.2. The highest BCUT2D eigenvalue weighted by molar-refractivity contribution is 6.22. The molecule has 1 heterocycles. The Balaban J connectivity index is 1.22. The molecule has 2 heteroatoms. The van der Waals surface area contributed by atoms with Gasteiger partial charge < -0.3 is 0 Å². The highest BCUT2D eigenvalue weighted by Gasteiger charge is 2.45. The van der Waals surface area contributed by atoms with E-state index in [1.165, 1.54) is 97.8 Å². The second-order valence-corrected chi connectivity index (χ2v) is 15.2. The molecule has 0 amide bonds. The number of hydrogen-bond donors (Lipinski definition) is 0. The van der Waals surface area contributed by atoms with Gasteiger partial charge in [-0.25, -0.2) is 9.97 Å². The Kier molecular flexibility index (Phi) is 7.13. The molecule has 8 aromatic carbocycles. The standard InChI is InChI=1S/C52H38N2/c1-4-17-34(18-5-1)46-33-47(54-51(53-46)35-19-6-2-7-20-35)50-40-25-12-10-23-38(40)48(39-24-11-13-26-41(39)50)42-27-16-28-44-49(42)43-31-36-21-8-9-22-37(36)32-45(43)52(44)29-14-3-15-30-52/h1-2,4-13,16-28,31-33H,3,14-15,29-30H2. The van der Waals surface area contributed by atoms with Crippen LogP contribution in [0.15, 0.2) is 170 Å². The predicted octanol–water partition coefficient (Wildman–Crippen LogP) is 13.8. The van der Waals surface area contributed by atoms with Crippen molar-refractivity contribution >= 4 is 32.3 Å². The zero-order valence-electron chi connectivity index (χ0n) is 30.1. The summed E-state index contributed by atoms with van der Waals surface area (Å²) < 4.78 is 0. The molecule has 1 saturated carbocycles. The van der Waals surface area contributed by atoms with E-state index in [0.29, 0.717) is 0 Å². The normalized spacial score (nSPS) is 14.4. The summed E-state index contributed by atoms with van der Waals surface area (Å²) in [5.74, 6) is 0.728. The van der Waals surface area contributed by atoms with Crippen LogP contribution in [0.2, 0.25) is 0 Å². The minimum Gasteiger partial charge on any atom is -0.228 e. The van der Waals surface area contributed by atoms with E-state index in [0.717, 1.165) is 33.9 Å². The first-order valence-electron chi connectivity index (χ1n) is 19.4. The molecule has 0 aliphatic heterocycles. The lowest BCUT2D eigenvalue weighted by atomic mass is 9.67. The third kappa shape index (κ3) is 4.73. The second kappa shape index (κ2) is 12.4. The largest absolute Gasteiger partial charge is 0.228 e. The monoisotopic (exact) mass is 690 g/mol. The van der Waals surface area contributed by atoms with Gasteiger partial charge in [-0.15, -0.1) is 0 Å². The lowest BCUT2D eigenvalue weighted by Crippen LogP contribution is -2.28. The van der Waals surface area contributed by atoms with Crippen molar-refractivity contribution in [3.8, 4) is 56.2 Å². The fourth-order valence-corrected chi connectivity index (χ4v) is 9.87. The molecule has 1 fully saturated rings. The summed E-state index contributed by atoms with van der Waals surface area (Å²) >= 11 is 0. The van der Waals surface area contributed by atoms with E-state index in [1.807, 2.05) is 6.07 Å². The Morgan fingerprint density at radius 1 is 0.370 bits per heavy atom. The van der Waals surface area contributed by atoms with Crippen LogP contribution in [0.3, 0.4) is 0 Å². The lowest BCUT2D eigenvalue weighted by molar-refractivity contribution is 0.353. The van der Waals surface area contributed by atoms with Gasteiger partial charge in [0.25, 0.3) is 0 Å². The maximum absolute atomic E-state index is 5.36. The number of rotatable bonds is 4. The molecule has 0 atom stereocenters. The smallest absolute Gasteiger partial charge is 0.160 e. The zero-order valence-corrected chi connectivity index (χ0v) is 30.1. The van der Waals surface area contributed by atoms with E-state index in [-0.39, 0.29) is 5.41 Å². The molecule has 0 saturated heterocycles. The topological polar surface area (TPSA) is 25.8 Å². The fourth-order valence-electron chi connectivity index (χ4n) is 9.87. The van der Waals surface area contributed by atoms with Crippen molar-refractivity contribution in [2.45, 2.75) is 37.5 Å². The van der Waals surface area contributed by atoms with Crippen LogP contribution in [0.25, 0.3) is 88.5 Å². The van der Waals surface area contributed by atoms with Gasteiger partial charge in [0.15, 0.2) is 5.82 Å². The summed E-state index contributed by atoms with van der Waals surface area (Å²) in [7, 11) is 0. The molecule has 2 aliphatic carbocycles. The number of hydrogen-bond acceptors (Lipinski definition) is 2. The number of nitrogens with zero attached hydrogens (tertiary/aromatic N) is 2. The second-order valence-electron chi connectivity index (χ2n) is 15.2. The van der Waals surface area contributed by atoms with Gasteiger partial charge in [-0.3, -0.25) is 0 Å². The highest BCUT2D eigenvalue weighted by Crippen LogP contribution is 2.59. The van der Waals surface area contributed by atoms with Crippen LogP contribution in [0.4, 0.5) is 0 Å². The molecular formula is C52H38N2. The van der Waals surface area contributed by atoms with E-state index in [2.05, 4.69) is 164 Å². The maximum Gasteiger partial charge on any atom is 0.160 e. The maximum atomic E-state index is 5.36. The predicted molar refractivity (Wildman–Crippen MR) is 226 cm³/mol. The molecule has 0 bridgehead atoms. The molecule has 0 radical (unpaired) electrons. The minimum absolute atomic E-state index is 0.0527. The molecule has 54 heavy (non-hydrogen) atoms. The molecule has 1 aromatic heterocycles. The number of fused-ring (bicyclic) bond motifs is 8. The van der Waals surface area contributed by atoms with E-state index in [1.54, 1.807) is 0 Å². The van der Waals surface area contributed by atoms with Crippen molar-refractivity contribution in [3.63, 3.8) is 0 Å². The summed E-state index contributed by atoms with van der Waals surface area (Å²) in [5.41, 5.74) is 13.6. The van der Waals surface area contributed by atoms with Gasteiger partial charge in [0.05, 0.1) is 11.4 Å². The van der Waals surface area contributed by atoms with Gasteiger partial charge in [-0.2, -0.15) is 0 Å². The summed E-state index contributed by atoms with van der Waals surface area (Å²) in [4.78, 5) is 10.5. The average Bonchev–Trinajstić information content (AvgIpc) is 3.50. The molecule has 256 valence electrons. The van der Waals surface area contributed by atoms with Crippen LogP contribution < -0.4 is 0 Å². The third-order valence-electron chi connectivity index (χ3n) is 12.2. The summed E-state index contributed by atoms with van der Waals surface area (Å²) in [6.45, 7) is 0. The Bertz CT molecular complexity index is 2790. The zero-order chi connectivity index (χ0) is 35.6. The van der Waals surface area contributed by atoms with Crippen LogP contribution >= 0.6 is 0 Å². The van der Waals surface area contributed by atoms with E-state index < -0.39 is 0 Å². The first-order chi connectivity index (χ1) is 26.8. The fraction of sp³-hybridized carbons (Fsp3) is 0.115. The molecular weight excluding hydrogens is 653 g/mol. The van der Waals surface area contributed by atoms with E-state index in [4.69, 9.17) is 9.97 Å². The van der Waals surface area contributed by atoms with E-state index >= 15 is 0 Å². The Morgan fingerprint density at radius 3 is 1.59 bits per heavy atom. The number of aromatic nitrogens is 2. The first-order valence-corrected chi connectivity index (χ1v) is 19.4. The van der Waals surface area contributed by atoms with Gasteiger partial charge in [0.2, 0.25) is 0 Å². The first kappa shape index (κ1) is 31.2. The van der Waals surface area contributed by atoms with Crippen molar-refractivity contribution < 1.29 is 0 Å². The van der Waals surface area contributed by atoms with Crippen molar-refractivity contribution in [1.82, 2.24) is 9.97 Å². The van der Waals surface area contributed by atoms with Gasteiger partial charge in [-0.05, 0) is 96.7 Å².